The van der Waals surface area contributed by atoms with E-state index in [1.807, 2.05) is 12.1 Å². The molecule has 2 heterocycles. The van der Waals surface area contributed by atoms with Crippen molar-refractivity contribution in [2.24, 2.45) is 5.92 Å². The van der Waals surface area contributed by atoms with Gasteiger partial charge in [0.1, 0.15) is 0 Å². The number of carbonyl (C=O) groups excluding carboxylic acids is 1. The Bertz CT molecular complexity index is 635. The quantitative estimate of drug-likeness (QED) is 0.873. The number of rotatable bonds is 5. The van der Waals surface area contributed by atoms with Crippen molar-refractivity contribution in [3.63, 3.8) is 0 Å². The molecule has 0 spiro atoms. The lowest BCUT2D eigenvalue weighted by molar-refractivity contribution is 0.0236. The molecular formula is C16H19N3O3. The summed E-state index contributed by atoms with van der Waals surface area (Å²) in [6.07, 6.45) is 6.63. The molecule has 0 saturated heterocycles. The molecule has 0 aliphatic heterocycles. The molecule has 1 fully saturated rings. The Balaban J connectivity index is 1.71. The number of carbonyl (C=O) groups is 1. The van der Waals surface area contributed by atoms with Gasteiger partial charge >= 0.3 is 0 Å². The highest BCUT2D eigenvalue weighted by Crippen LogP contribution is 2.32. The minimum atomic E-state index is -0.256. The van der Waals surface area contributed by atoms with Crippen LogP contribution < -0.4 is 5.32 Å². The van der Waals surface area contributed by atoms with Crippen molar-refractivity contribution >= 4 is 5.91 Å². The van der Waals surface area contributed by atoms with Crippen LogP contribution in [0, 0.1) is 12.8 Å². The molecule has 1 amide bonds. The lowest BCUT2D eigenvalue weighted by atomic mass is 9.75. The SMILES string of the molecule is Cc1ncoc1C(=O)NC(Cc1ccncc1)C1CC(O)C1. The summed E-state index contributed by atoms with van der Waals surface area (Å²) in [7, 11) is 0. The molecule has 116 valence electrons. The second-order valence-electron chi connectivity index (χ2n) is 5.79. The molecule has 2 aromatic heterocycles. The Labute approximate surface area is 128 Å². The van der Waals surface area contributed by atoms with Crippen LogP contribution in [-0.2, 0) is 6.42 Å². The average molecular weight is 301 g/mol. The summed E-state index contributed by atoms with van der Waals surface area (Å²) in [5.41, 5.74) is 1.68. The van der Waals surface area contributed by atoms with E-state index in [2.05, 4.69) is 15.3 Å². The van der Waals surface area contributed by atoms with Crippen molar-refractivity contribution in [2.75, 3.05) is 0 Å². The number of nitrogens with zero attached hydrogens (tertiary/aromatic N) is 2. The maximum Gasteiger partial charge on any atom is 0.289 e. The first-order chi connectivity index (χ1) is 10.6. The third kappa shape index (κ3) is 3.17. The summed E-state index contributed by atoms with van der Waals surface area (Å²) >= 11 is 0. The highest BCUT2D eigenvalue weighted by atomic mass is 16.3. The minimum Gasteiger partial charge on any atom is -0.438 e. The molecule has 2 N–H and O–H groups in total. The van der Waals surface area contributed by atoms with Crippen LogP contribution in [0.15, 0.2) is 35.3 Å². The first-order valence-corrected chi connectivity index (χ1v) is 7.41. The number of oxazole rings is 1. The van der Waals surface area contributed by atoms with Crippen LogP contribution in [0.4, 0.5) is 0 Å². The number of aliphatic hydroxyl groups is 1. The van der Waals surface area contributed by atoms with Gasteiger partial charge in [0.05, 0.1) is 11.8 Å². The Morgan fingerprint density at radius 1 is 1.45 bits per heavy atom. The van der Waals surface area contributed by atoms with Crippen LogP contribution in [0.2, 0.25) is 0 Å². The summed E-state index contributed by atoms with van der Waals surface area (Å²) in [6.45, 7) is 1.74. The molecule has 1 saturated carbocycles. The van der Waals surface area contributed by atoms with Crippen molar-refractivity contribution in [2.45, 2.75) is 38.3 Å². The summed E-state index contributed by atoms with van der Waals surface area (Å²) in [5, 5.41) is 12.6. The van der Waals surface area contributed by atoms with Gasteiger partial charge in [-0.3, -0.25) is 9.78 Å². The monoisotopic (exact) mass is 301 g/mol. The van der Waals surface area contributed by atoms with Crippen molar-refractivity contribution in [3.05, 3.63) is 47.9 Å². The molecule has 22 heavy (non-hydrogen) atoms. The van der Waals surface area contributed by atoms with Gasteiger partial charge in [0.15, 0.2) is 6.39 Å². The van der Waals surface area contributed by atoms with Crippen molar-refractivity contribution in [1.82, 2.24) is 15.3 Å². The Kier molecular flexibility index (Phi) is 4.20. The predicted octanol–water partition coefficient (Wildman–Crippen LogP) is 1.49. The molecule has 1 aliphatic carbocycles. The topological polar surface area (TPSA) is 88.3 Å². The third-order valence-corrected chi connectivity index (χ3v) is 4.19. The molecule has 1 unspecified atom stereocenters. The Morgan fingerprint density at radius 2 is 2.18 bits per heavy atom. The largest absolute Gasteiger partial charge is 0.438 e. The van der Waals surface area contributed by atoms with Gasteiger partial charge in [-0.1, -0.05) is 0 Å². The second kappa shape index (κ2) is 6.27. The first-order valence-electron chi connectivity index (χ1n) is 7.41. The molecule has 0 aromatic carbocycles. The average Bonchev–Trinajstić information content (AvgIpc) is 2.91. The van der Waals surface area contributed by atoms with E-state index in [4.69, 9.17) is 4.42 Å². The normalized spacial score (nSPS) is 21.9. The Hall–Kier alpha value is -2.21. The number of aliphatic hydroxyl groups excluding tert-OH is 1. The zero-order valence-electron chi connectivity index (χ0n) is 12.4. The maximum atomic E-state index is 12.3. The minimum absolute atomic E-state index is 0.0391. The van der Waals surface area contributed by atoms with E-state index >= 15 is 0 Å². The second-order valence-corrected chi connectivity index (χ2v) is 5.79. The molecule has 1 aliphatic rings. The van der Waals surface area contributed by atoms with Gasteiger partial charge in [0.2, 0.25) is 5.76 Å². The fourth-order valence-corrected chi connectivity index (χ4v) is 2.82. The maximum absolute atomic E-state index is 12.3. The number of amides is 1. The first kappa shape index (κ1) is 14.7. The lowest BCUT2D eigenvalue weighted by Crippen LogP contribution is -2.48. The molecule has 0 radical (unpaired) electrons. The van der Waals surface area contributed by atoms with Crippen LogP contribution in [0.5, 0.6) is 0 Å². The van der Waals surface area contributed by atoms with Crippen LogP contribution in [-0.4, -0.2) is 33.1 Å². The van der Waals surface area contributed by atoms with Crippen LogP contribution in [0.3, 0.4) is 0 Å². The molecule has 6 heteroatoms. The summed E-state index contributed by atoms with van der Waals surface area (Å²) < 4.78 is 5.15. The zero-order valence-corrected chi connectivity index (χ0v) is 12.4. The number of nitrogens with one attached hydrogen (secondary N) is 1. The number of aryl methyl sites for hydroxylation is 1. The van der Waals surface area contributed by atoms with E-state index in [9.17, 15) is 9.90 Å². The highest BCUT2D eigenvalue weighted by molar-refractivity contribution is 5.92. The summed E-state index contributed by atoms with van der Waals surface area (Å²) in [4.78, 5) is 20.3. The van der Waals surface area contributed by atoms with Crippen LogP contribution in [0.1, 0.15) is 34.7 Å². The number of hydrogen-bond donors (Lipinski definition) is 2. The van der Waals surface area contributed by atoms with Gasteiger partial charge < -0.3 is 14.8 Å². The van der Waals surface area contributed by atoms with E-state index in [0.717, 1.165) is 5.56 Å². The third-order valence-electron chi connectivity index (χ3n) is 4.19. The fraction of sp³-hybridized carbons (Fsp3) is 0.438. The number of hydrogen-bond acceptors (Lipinski definition) is 5. The molecule has 3 rings (SSSR count). The van der Waals surface area contributed by atoms with Crippen molar-refractivity contribution < 1.29 is 14.3 Å². The van der Waals surface area contributed by atoms with Gasteiger partial charge in [0, 0.05) is 18.4 Å². The van der Waals surface area contributed by atoms with Gasteiger partial charge in [-0.2, -0.15) is 0 Å². The summed E-state index contributed by atoms with van der Waals surface area (Å²) in [6, 6.07) is 3.84. The molecule has 1 atom stereocenters. The van der Waals surface area contributed by atoms with Crippen LogP contribution in [0.25, 0.3) is 0 Å². The fourth-order valence-electron chi connectivity index (χ4n) is 2.82. The molecule has 6 nitrogen and oxygen atoms in total. The smallest absolute Gasteiger partial charge is 0.289 e. The summed E-state index contributed by atoms with van der Waals surface area (Å²) in [5.74, 6) is 0.269. The van der Waals surface area contributed by atoms with Gasteiger partial charge in [-0.05, 0) is 49.8 Å². The predicted molar refractivity (Wildman–Crippen MR) is 79.2 cm³/mol. The van der Waals surface area contributed by atoms with E-state index in [0.29, 0.717) is 25.0 Å². The lowest BCUT2D eigenvalue weighted by Gasteiger charge is -2.38. The molecule has 2 aromatic rings. The van der Waals surface area contributed by atoms with Gasteiger partial charge in [-0.15, -0.1) is 0 Å². The van der Waals surface area contributed by atoms with Crippen LogP contribution >= 0.6 is 0 Å². The molecular weight excluding hydrogens is 282 g/mol. The van der Waals surface area contributed by atoms with E-state index < -0.39 is 0 Å². The van der Waals surface area contributed by atoms with E-state index in [1.54, 1.807) is 19.3 Å². The van der Waals surface area contributed by atoms with E-state index in [1.165, 1.54) is 6.39 Å². The van der Waals surface area contributed by atoms with Crippen molar-refractivity contribution in [1.29, 1.82) is 0 Å². The molecule has 0 bridgehead atoms. The van der Waals surface area contributed by atoms with Gasteiger partial charge in [-0.25, -0.2) is 4.98 Å². The van der Waals surface area contributed by atoms with E-state index in [-0.39, 0.29) is 29.7 Å². The highest BCUT2D eigenvalue weighted by Gasteiger charge is 2.35. The number of pyridine rings is 1. The van der Waals surface area contributed by atoms with Crippen molar-refractivity contribution in [3.8, 4) is 0 Å². The zero-order chi connectivity index (χ0) is 15.5. The Morgan fingerprint density at radius 3 is 2.77 bits per heavy atom. The van der Waals surface area contributed by atoms with Gasteiger partial charge in [0.25, 0.3) is 5.91 Å². The standard InChI is InChI=1S/C16H19N3O3/c1-10-15(22-9-18-10)16(21)19-14(12-7-13(20)8-12)6-11-2-4-17-5-3-11/h2-5,9,12-14,20H,6-8H2,1H3,(H,19,21). The number of aromatic nitrogens is 2.